The van der Waals surface area contributed by atoms with Crippen LogP contribution in [0.1, 0.15) is 50.3 Å². The Bertz CT molecular complexity index is 924. The van der Waals surface area contributed by atoms with Crippen molar-refractivity contribution in [2.75, 3.05) is 7.11 Å². The molecule has 0 saturated heterocycles. The van der Waals surface area contributed by atoms with Crippen LogP contribution >= 0.6 is 0 Å². The number of methoxy groups -OCH3 is 1. The Kier molecular flexibility index (Phi) is 5.83. The Morgan fingerprint density at radius 2 is 1.71 bits per heavy atom. The zero-order chi connectivity index (χ0) is 20.3. The van der Waals surface area contributed by atoms with Gasteiger partial charge in [0.05, 0.1) is 13.2 Å². The molecule has 1 heterocycles. The van der Waals surface area contributed by atoms with Crippen molar-refractivity contribution in [3.63, 3.8) is 0 Å². The van der Waals surface area contributed by atoms with E-state index in [4.69, 9.17) is 14.2 Å². The van der Waals surface area contributed by atoms with Crippen LogP contribution in [0.15, 0.2) is 53.2 Å². The number of nitrogens with zero attached hydrogens (tertiary/aromatic N) is 1. The zero-order valence-corrected chi connectivity index (χ0v) is 16.9. The van der Waals surface area contributed by atoms with Crippen molar-refractivity contribution >= 4 is 17.9 Å². The van der Waals surface area contributed by atoms with Gasteiger partial charge in [-0.2, -0.15) is 0 Å². The molecule has 0 spiro atoms. The second kappa shape index (κ2) is 8.30. The van der Waals surface area contributed by atoms with Crippen LogP contribution in [0, 0.1) is 0 Å². The molecule has 146 valence electrons. The van der Waals surface area contributed by atoms with E-state index in [-0.39, 0.29) is 11.8 Å². The first-order valence-corrected chi connectivity index (χ1v) is 9.35. The lowest BCUT2D eigenvalue weighted by Crippen LogP contribution is -2.06. The van der Waals surface area contributed by atoms with E-state index in [0.29, 0.717) is 23.3 Å². The highest BCUT2D eigenvalue weighted by Gasteiger charge is 2.24. The molecule has 0 saturated carbocycles. The SMILES string of the molecule is COc1cc(/C=C2\N=C(c3ccc(C(C)C)cc3)OC2=O)ccc1OC(C)C. The average Bonchev–Trinajstić information content (AvgIpc) is 3.03. The van der Waals surface area contributed by atoms with Gasteiger partial charge in [0.1, 0.15) is 0 Å². The second-order valence-corrected chi connectivity index (χ2v) is 7.19. The third kappa shape index (κ3) is 4.42. The number of carbonyl (C=O) groups excluding carboxylic acids is 1. The molecule has 5 nitrogen and oxygen atoms in total. The Morgan fingerprint density at radius 1 is 1.00 bits per heavy atom. The van der Waals surface area contributed by atoms with E-state index in [2.05, 4.69) is 18.8 Å². The summed E-state index contributed by atoms with van der Waals surface area (Å²) in [5.41, 5.74) is 3.03. The van der Waals surface area contributed by atoms with Gasteiger partial charge >= 0.3 is 5.97 Å². The van der Waals surface area contributed by atoms with Crippen molar-refractivity contribution in [3.8, 4) is 11.5 Å². The number of hydrogen-bond donors (Lipinski definition) is 0. The smallest absolute Gasteiger partial charge is 0.363 e. The molecular formula is C23H25NO4. The van der Waals surface area contributed by atoms with Gasteiger partial charge < -0.3 is 14.2 Å². The van der Waals surface area contributed by atoms with Crippen molar-refractivity contribution in [2.45, 2.75) is 39.7 Å². The van der Waals surface area contributed by atoms with E-state index in [9.17, 15) is 4.79 Å². The Morgan fingerprint density at radius 3 is 2.32 bits per heavy atom. The van der Waals surface area contributed by atoms with Gasteiger partial charge in [-0.1, -0.05) is 32.0 Å². The van der Waals surface area contributed by atoms with Crippen molar-refractivity contribution < 1.29 is 19.0 Å². The molecule has 0 atom stereocenters. The monoisotopic (exact) mass is 379 g/mol. The zero-order valence-electron chi connectivity index (χ0n) is 16.9. The number of aliphatic imine (C=N–C) groups is 1. The van der Waals surface area contributed by atoms with Gasteiger partial charge in [0, 0.05) is 5.56 Å². The van der Waals surface area contributed by atoms with Gasteiger partial charge in [-0.05, 0) is 61.2 Å². The first-order valence-electron chi connectivity index (χ1n) is 9.35. The maximum absolute atomic E-state index is 12.2. The summed E-state index contributed by atoms with van der Waals surface area (Å²) >= 11 is 0. The van der Waals surface area contributed by atoms with Gasteiger partial charge in [0.25, 0.3) is 0 Å². The lowest BCUT2D eigenvalue weighted by molar-refractivity contribution is -0.129. The minimum atomic E-state index is -0.468. The Labute approximate surface area is 165 Å². The van der Waals surface area contributed by atoms with Gasteiger partial charge in [-0.15, -0.1) is 0 Å². The molecular weight excluding hydrogens is 354 g/mol. The quantitative estimate of drug-likeness (QED) is 0.526. The van der Waals surface area contributed by atoms with E-state index in [1.54, 1.807) is 13.2 Å². The summed E-state index contributed by atoms with van der Waals surface area (Å²) in [6.45, 7) is 8.17. The molecule has 0 bridgehead atoms. The molecule has 28 heavy (non-hydrogen) atoms. The van der Waals surface area contributed by atoms with Crippen LogP contribution in [0.2, 0.25) is 0 Å². The Hall–Kier alpha value is -3.08. The second-order valence-electron chi connectivity index (χ2n) is 7.19. The molecule has 1 aliphatic rings. The van der Waals surface area contributed by atoms with Crippen molar-refractivity contribution in [1.82, 2.24) is 0 Å². The largest absolute Gasteiger partial charge is 0.493 e. The third-order valence-electron chi connectivity index (χ3n) is 4.30. The topological polar surface area (TPSA) is 57.1 Å². The maximum Gasteiger partial charge on any atom is 0.363 e. The minimum Gasteiger partial charge on any atom is -0.493 e. The predicted molar refractivity (Wildman–Crippen MR) is 110 cm³/mol. The molecule has 0 N–H and O–H groups in total. The molecule has 2 aromatic rings. The molecule has 2 aromatic carbocycles. The van der Waals surface area contributed by atoms with Crippen LogP contribution in [0.3, 0.4) is 0 Å². The fraction of sp³-hybridized carbons (Fsp3) is 0.304. The maximum atomic E-state index is 12.2. The highest BCUT2D eigenvalue weighted by molar-refractivity contribution is 6.12. The number of ether oxygens (including phenoxy) is 3. The number of benzene rings is 2. The van der Waals surface area contributed by atoms with Crippen LogP contribution < -0.4 is 9.47 Å². The molecule has 0 aromatic heterocycles. The molecule has 5 heteroatoms. The highest BCUT2D eigenvalue weighted by Crippen LogP contribution is 2.30. The van der Waals surface area contributed by atoms with Crippen LogP contribution in [-0.2, 0) is 9.53 Å². The minimum absolute atomic E-state index is 0.0390. The molecule has 1 aliphatic heterocycles. The van der Waals surface area contributed by atoms with Crippen LogP contribution in [0.25, 0.3) is 6.08 Å². The lowest BCUT2D eigenvalue weighted by Gasteiger charge is -2.13. The molecule has 0 radical (unpaired) electrons. The van der Waals surface area contributed by atoms with E-state index in [0.717, 1.165) is 11.1 Å². The number of rotatable bonds is 6. The average molecular weight is 379 g/mol. The van der Waals surface area contributed by atoms with Gasteiger partial charge in [-0.3, -0.25) is 0 Å². The van der Waals surface area contributed by atoms with Crippen molar-refractivity contribution in [2.24, 2.45) is 4.99 Å². The summed E-state index contributed by atoms with van der Waals surface area (Å²) < 4.78 is 16.5. The fourth-order valence-corrected chi connectivity index (χ4v) is 2.83. The van der Waals surface area contributed by atoms with E-state index >= 15 is 0 Å². The standard InChI is InChI=1S/C23H25NO4/c1-14(2)17-7-9-18(10-8-17)22-24-19(23(25)28-22)12-16-6-11-20(27-15(3)4)21(13-16)26-5/h6-15H,1-5H3/b19-12-. The van der Waals surface area contributed by atoms with Gasteiger partial charge in [0.15, 0.2) is 17.2 Å². The number of esters is 1. The third-order valence-corrected chi connectivity index (χ3v) is 4.30. The van der Waals surface area contributed by atoms with E-state index in [1.807, 2.05) is 56.3 Å². The van der Waals surface area contributed by atoms with Crippen LogP contribution in [0.5, 0.6) is 11.5 Å². The van der Waals surface area contributed by atoms with Crippen LogP contribution in [-0.4, -0.2) is 25.1 Å². The van der Waals surface area contributed by atoms with Crippen molar-refractivity contribution in [1.29, 1.82) is 0 Å². The first kappa shape index (κ1) is 19.7. The molecule has 0 aliphatic carbocycles. The summed E-state index contributed by atoms with van der Waals surface area (Å²) in [6, 6.07) is 13.4. The predicted octanol–water partition coefficient (Wildman–Crippen LogP) is 4.95. The number of hydrogen-bond acceptors (Lipinski definition) is 5. The molecule has 0 amide bonds. The van der Waals surface area contributed by atoms with E-state index < -0.39 is 5.97 Å². The number of carbonyl (C=O) groups is 1. The molecule has 3 rings (SSSR count). The highest BCUT2D eigenvalue weighted by atomic mass is 16.6. The summed E-state index contributed by atoms with van der Waals surface area (Å²) in [4.78, 5) is 16.6. The lowest BCUT2D eigenvalue weighted by atomic mass is 10.0. The van der Waals surface area contributed by atoms with Gasteiger partial charge in [0.2, 0.25) is 5.90 Å². The van der Waals surface area contributed by atoms with Gasteiger partial charge in [-0.25, -0.2) is 9.79 Å². The summed E-state index contributed by atoms with van der Waals surface area (Å²) in [5, 5.41) is 0. The van der Waals surface area contributed by atoms with E-state index in [1.165, 1.54) is 5.56 Å². The normalized spacial score (nSPS) is 15.2. The summed E-state index contributed by atoms with van der Waals surface area (Å²) in [5.74, 6) is 1.55. The van der Waals surface area contributed by atoms with Crippen molar-refractivity contribution in [3.05, 3.63) is 64.9 Å². The van der Waals surface area contributed by atoms with Crippen LogP contribution in [0.4, 0.5) is 0 Å². The number of cyclic esters (lactones) is 1. The summed E-state index contributed by atoms with van der Waals surface area (Å²) in [7, 11) is 1.58. The first-order chi connectivity index (χ1) is 13.4. The summed E-state index contributed by atoms with van der Waals surface area (Å²) in [6.07, 6.45) is 1.72. The Balaban J connectivity index is 1.86. The molecule has 0 unspecified atom stereocenters. The molecule has 0 fully saturated rings. The fourth-order valence-electron chi connectivity index (χ4n) is 2.83.